The van der Waals surface area contributed by atoms with Crippen molar-refractivity contribution in [1.29, 1.82) is 0 Å². The normalized spacial score (nSPS) is 17.9. The van der Waals surface area contributed by atoms with E-state index in [2.05, 4.69) is 41.4 Å². The van der Waals surface area contributed by atoms with Crippen LogP contribution in [-0.4, -0.2) is 23.3 Å². The third-order valence-electron chi connectivity index (χ3n) is 4.56. The molecule has 3 unspecified atom stereocenters. The average molecular weight is 359 g/mol. The van der Waals surface area contributed by atoms with Gasteiger partial charge in [0, 0.05) is 24.5 Å². The quantitative estimate of drug-likeness (QED) is 0.725. The lowest BCUT2D eigenvalue weighted by atomic mass is 9.93. The monoisotopic (exact) mass is 358 g/mol. The maximum absolute atomic E-state index is 12.4. The van der Waals surface area contributed by atoms with Gasteiger partial charge in [-0.3, -0.25) is 14.8 Å². The number of amides is 1. The molecule has 144 valence electrons. The lowest BCUT2D eigenvalue weighted by molar-refractivity contribution is -0.125. The number of aliphatic imine (C=N–C) groups is 1. The van der Waals surface area contributed by atoms with Gasteiger partial charge in [0.15, 0.2) is 0 Å². The van der Waals surface area contributed by atoms with Crippen LogP contribution in [0.1, 0.15) is 66.0 Å². The van der Waals surface area contributed by atoms with Gasteiger partial charge in [0.1, 0.15) is 11.9 Å². The molecule has 1 aromatic rings. The van der Waals surface area contributed by atoms with E-state index in [1.165, 1.54) is 0 Å². The highest BCUT2D eigenvalue weighted by Gasteiger charge is 2.20. The molecule has 2 rings (SSSR count). The first kappa shape index (κ1) is 21.9. The zero-order valence-electron chi connectivity index (χ0n) is 16.8. The standard InChI is InChI=1S/C19H28N4O.C2H6/c1-4-14(3)9-10-15(5-2)19(24)23-18-13-21-17(12-22-18)16-8-6-7-11-20-16;1-2/h6-8,11-15,18,22H,4-5,9-10H2,1-3H3,(H,23,24);1-2H3. The molecule has 5 nitrogen and oxygen atoms in total. The van der Waals surface area contributed by atoms with Crippen molar-refractivity contribution in [3.63, 3.8) is 0 Å². The Morgan fingerprint density at radius 1 is 1.23 bits per heavy atom. The van der Waals surface area contributed by atoms with Crippen LogP contribution in [0.15, 0.2) is 35.6 Å². The van der Waals surface area contributed by atoms with Crippen molar-refractivity contribution >= 4 is 17.8 Å². The molecule has 2 heterocycles. The molecule has 1 amide bonds. The molecular formula is C21H34N4O. The Kier molecular flexibility index (Phi) is 10.3. The third kappa shape index (κ3) is 6.98. The van der Waals surface area contributed by atoms with E-state index >= 15 is 0 Å². The number of aromatic nitrogens is 1. The number of carbonyl (C=O) groups is 1. The van der Waals surface area contributed by atoms with Crippen LogP contribution in [0.2, 0.25) is 0 Å². The van der Waals surface area contributed by atoms with E-state index in [0.29, 0.717) is 5.92 Å². The summed E-state index contributed by atoms with van der Waals surface area (Å²) in [6.45, 7) is 10.5. The van der Waals surface area contributed by atoms with Gasteiger partial charge in [-0.1, -0.05) is 47.1 Å². The topological polar surface area (TPSA) is 66.4 Å². The van der Waals surface area contributed by atoms with Crippen molar-refractivity contribution < 1.29 is 4.79 Å². The summed E-state index contributed by atoms with van der Waals surface area (Å²) in [5.41, 5.74) is 1.58. The zero-order chi connectivity index (χ0) is 19.4. The van der Waals surface area contributed by atoms with Crippen molar-refractivity contribution in [2.24, 2.45) is 16.8 Å². The van der Waals surface area contributed by atoms with Crippen molar-refractivity contribution in [3.05, 3.63) is 36.3 Å². The molecule has 0 saturated carbocycles. The van der Waals surface area contributed by atoms with E-state index in [0.717, 1.165) is 37.1 Å². The van der Waals surface area contributed by atoms with E-state index in [-0.39, 0.29) is 18.0 Å². The summed E-state index contributed by atoms with van der Waals surface area (Å²) < 4.78 is 0. The van der Waals surface area contributed by atoms with Gasteiger partial charge >= 0.3 is 0 Å². The average Bonchev–Trinajstić information content (AvgIpc) is 2.71. The number of nitrogens with zero attached hydrogens (tertiary/aromatic N) is 2. The summed E-state index contributed by atoms with van der Waals surface area (Å²) in [7, 11) is 0. The third-order valence-corrected chi connectivity index (χ3v) is 4.56. The van der Waals surface area contributed by atoms with E-state index in [9.17, 15) is 4.79 Å². The van der Waals surface area contributed by atoms with Crippen molar-refractivity contribution in [2.45, 2.75) is 66.5 Å². The van der Waals surface area contributed by atoms with Crippen molar-refractivity contribution in [3.8, 4) is 0 Å². The molecule has 0 fully saturated rings. The Morgan fingerprint density at radius 2 is 2.00 bits per heavy atom. The lowest BCUT2D eigenvalue weighted by Gasteiger charge is -2.22. The molecule has 5 heteroatoms. The van der Waals surface area contributed by atoms with Crippen LogP contribution in [0.25, 0.3) is 5.70 Å². The highest BCUT2D eigenvalue weighted by atomic mass is 16.2. The number of hydrogen-bond donors (Lipinski definition) is 2. The van der Waals surface area contributed by atoms with E-state index in [4.69, 9.17) is 0 Å². The van der Waals surface area contributed by atoms with Crippen LogP contribution in [0, 0.1) is 11.8 Å². The maximum atomic E-state index is 12.4. The highest BCUT2D eigenvalue weighted by molar-refractivity contribution is 5.85. The molecule has 26 heavy (non-hydrogen) atoms. The molecule has 3 atom stereocenters. The van der Waals surface area contributed by atoms with Crippen LogP contribution in [-0.2, 0) is 4.79 Å². The summed E-state index contributed by atoms with van der Waals surface area (Å²) in [5, 5.41) is 6.19. The first-order chi connectivity index (χ1) is 12.6. The van der Waals surface area contributed by atoms with Gasteiger partial charge in [-0.25, -0.2) is 0 Å². The predicted molar refractivity (Wildman–Crippen MR) is 110 cm³/mol. The summed E-state index contributed by atoms with van der Waals surface area (Å²) in [6, 6.07) is 5.71. The number of carbonyl (C=O) groups excluding carboxylic acids is 1. The largest absolute Gasteiger partial charge is 0.365 e. The van der Waals surface area contributed by atoms with Crippen LogP contribution < -0.4 is 10.6 Å². The Morgan fingerprint density at radius 3 is 2.54 bits per heavy atom. The van der Waals surface area contributed by atoms with Crippen molar-refractivity contribution in [1.82, 2.24) is 15.6 Å². The minimum Gasteiger partial charge on any atom is -0.365 e. The number of pyridine rings is 1. The van der Waals surface area contributed by atoms with E-state index < -0.39 is 0 Å². The van der Waals surface area contributed by atoms with E-state index in [1.54, 1.807) is 18.6 Å². The summed E-state index contributed by atoms with van der Waals surface area (Å²) in [6.07, 6.45) is 9.06. The fourth-order valence-electron chi connectivity index (χ4n) is 2.62. The fourth-order valence-corrected chi connectivity index (χ4v) is 2.62. The molecule has 0 radical (unpaired) electrons. The van der Waals surface area contributed by atoms with Crippen LogP contribution in [0.5, 0.6) is 0 Å². The van der Waals surface area contributed by atoms with Gasteiger partial charge in [-0.15, -0.1) is 0 Å². The van der Waals surface area contributed by atoms with Crippen LogP contribution >= 0.6 is 0 Å². The smallest absolute Gasteiger partial charge is 0.224 e. The highest BCUT2D eigenvalue weighted by Crippen LogP contribution is 2.18. The van der Waals surface area contributed by atoms with E-state index in [1.807, 2.05) is 32.0 Å². The predicted octanol–water partition coefficient (Wildman–Crippen LogP) is 4.38. The molecule has 0 saturated heterocycles. The number of nitrogens with one attached hydrogen (secondary N) is 2. The molecule has 0 aliphatic carbocycles. The first-order valence-corrected chi connectivity index (χ1v) is 9.86. The Bertz CT molecular complexity index is 583. The number of hydrogen-bond acceptors (Lipinski definition) is 4. The minimum atomic E-state index is -0.261. The molecule has 2 N–H and O–H groups in total. The Balaban J connectivity index is 0.00000163. The second-order valence-electron chi connectivity index (χ2n) is 6.37. The van der Waals surface area contributed by atoms with Gasteiger partial charge in [0.25, 0.3) is 0 Å². The zero-order valence-corrected chi connectivity index (χ0v) is 16.8. The van der Waals surface area contributed by atoms with Gasteiger partial charge in [0.05, 0.1) is 5.69 Å². The molecule has 0 spiro atoms. The van der Waals surface area contributed by atoms with Gasteiger partial charge in [0.2, 0.25) is 5.91 Å². The van der Waals surface area contributed by atoms with Gasteiger partial charge in [-0.2, -0.15) is 0 Å². The van der Waals surface area contributed by atoms with Gasteiger partial charge < -0.3 is 10.6 Å². The molecule has 1 aliphatic heterocycles. The number of rotatable bonds is 8. The minimum absolute atomic E-state index is 0.0652. The van der Waals surface area contributed by atoms with Crippen LogP contribution in [0.3, 0.4) is 0 Å². The summed E-state index contributed by atoms with van der Waals surface area (Å²) in [4.78, 5) is 21.1. The summed E-state index contributed by atoms with van der Waals surface area (Å²) in [5.74, 6) is 0.833. The van der Waals surface area contributed by atoms with Crippen molar-refractivity contribution in [2.75, 3.05) is 0 Å². The lowest BCUT2D eigenvalue weighted by Crippen LogP contribution is -2.47. The summed E-state index contributed by atoms with van der Waals surface area (Å²) >= 11 is 0. The molecule has 0 aromatic carbocycles. The molecule has 0 bridgehead atoms. The second-order valence-corrected chi connectivity index (χ2v) is 6.37. The maximum Gasteiger partial charge on any atom is 0.224 e. The fraction of sp³-hybridized carbons (Fsp3) is 0.571. The second kappa shape index (κ2) is 12.2. The van der Waals surface area contributed by atoms with Gasteiger partial charge in [-0.05, 0) is 37.3 Å². The van der Waals surface area contributed by atoms with Crippen LogP contribution in [0.4, 0.5) is 0 Å². The first-order valence-electron chi connectivity index (χ1n) is 9.86. The Hall–Kier alpha value is -2.17. The SMILES string of the molecule is CC.CCC(C)CCC(CC)C(=O)NC1C=NC(c2ccccn2)=CN1. The molecular weight excluding hydrogens is 324 g/mol. The molecule has 1 aromatic heterocycles. The Labute approximate surface area is 158 Å². The molecule has 1 aliphatic rings.